The molecule has 0 aromatic carbocycles. The number of allylic oxidation sites excluding steroid dienone is 4. The molecule has 0 saturated heterocycles. The topological polar surface area (TPSA) is 0 Å². The first-order valence-electron chi connectivity index (χ1n) is 3.27. The summed E-state index contributed by atoms with van der Waals surface area (Å²) in [7, 11) is -0.637. The van der Waals surface area contributed by atoms with Crippen LogP contribution in [0.3, 0.4) is 0 Å². The molecule has 9 heavy (non-hydrogen) atoms. The van der Waals surface area contributed by atoms with E-state index in [0.29, 0.717) is 0 Å². The van der Waals surface area contributed by atoms with E-state index < -0.39 is 7.26 Å². The van der Waals surface area contributed by atoms with Gasteiger partial charge < -0.3 is 0 Å². The normalized spacial score (nSPS) is 19.4. The lowest BCUT2D eigenvalue weighted by molar-refractivity contribution is 1.40. The van der Waals surface area contributed by atoms with E-state index in [-0.39, 0.29) is 0 Å². The van der Waals surface area contributed by atoms with Crippen molar-refractivity contribution >= 4 is 7.26 Å². The zero-order valence-electron chi connectivity index (χ0n) is 6.33. The maximum Gasteiger partial charge on any atom is 0.105 e. The van der Waals surface area contributed by atoms with E-state index in [1.807, 2.05) is 0 Å². The third kappa shape index (κ3) is 1.66. The van der Waals surface area contributed by atoms with E-state index in [4.69, 9.17) is 0 Å². The molecule has 0 aromatic rings. The van der Waals surface area contributed by atoms with E-state index in [0.717, 1.165) is 5.66 Å². The highest BCUT2D eigenvalue weighted by atomic mass is 31.2. The van der Waals surface area contributed by atoms with E-state index in [1.165, 1.54) is 0 Å². The maximum absolute atomic E-state index is 2.37. The van der Waals surface area contributed by atoms with Crippen LogP contribution in [-0.2, 0) is 0 Å². The highest BCUT2D eigenvalue weighted by molar-refractivity contribution is 7.74. The summed E-state index contributed by atoms with van der Waals surface area (Å²) in [5, 5.41) is 0. The Morgan fingerprint density at radius 1 is 1.00 bits per heavy atom. The van der Waals surface area contributed by atoms with E-state index >= 15 is 0 Å². The first-order valence-corrected chi connectivity index (χ1v) is 6.47. The summed E-state index contributed by atoms with van der Waals surface area (Å²) in [4.78, 5) is 0. The molecule has 0 bridgehead atoms. The number of rotatable bonds is 1. The Balaban J connectivity index is 2.64. The fourth-order valence-corrected chi connectivity index (χ4v) is 2.17. The fraction of sp³-hybridized carbons (Fsp3) is 0.500. The van der Waals surface area contributed by atoms with Crippen LogP contribution < -0.4 is 0 Å². The molecule has 0 N–H and O–H groups in total. The average Bonchev–Trinajstić information content (AvgIpc) is 2.08. The molecular weight excluding hydrogens is 127 g/mol. The summed E-state index contributed by atoms with van der Waals surface area (Å²) in [6.07, 6.45) is 8.90. The lowest BCUT2D eigenvalue weighted by Crippen LogP contribution is -2.01. The Bertz CT molecular complexity index is 136. The van der Waals surface area contributed by atoms with E-state index in [9.17, 15) is 0 Å². The van der Waals surface area contributed by atoms with Crippen molar-refractivity contribution in [1.29, 1.82) is 0 Å². The molecule has 0 atom stereocenters. The van der Waals surface area contributed by atoms with Crippen LogP contribution in [-0.4, -0.2) is 25.7 Å². The van der Waals surface area contributed by atoms with Crippen LogP contribution in [0, 0.1) is 0 Å². The minimum absolute atomic E-state index is 0.637. The van der Waals surface area contributed by atoms with Gasteiger partial charge in [0.2, 0.25) is 0 Å². The number of hydrogen-bond donors (Lipinski definition) is 0. The van der Waals surface area contributed by atoms with Gasteiger partial charge in [0.05, 0.1) is 0 Å². The Labute approximate surface area is 58.0 Å². The second-order valence-electron chi connectivity index (χ2n) is 3.38. The van der Waals surface area contributed by atoms with Gasteiger partial charge in [0.25, 0.3) is 0 Å². The molecule has 0 aromatic heterocycles. The van der Waals surface area contributed by atoms with Gasteiger partial charge in [-0.1, -0.05) is 12.2 Å². The van der Waals surface area contributed by atoms with Crippen molar-refractivity contribution in [3.63, 3.8) is 0 Å². The van der Waals surface area contributed by atoms with Crippen molar-refractivity contribution in [2.24, 2.45) is 0 Å². The van der Waals surface area contributed by atoms with Crippen LogP contribution in [0.2, 0.25) is 0 Å². The largest absolute Gasteiger partial charge is 0.105 e. The smallest absolute Gasteiger partial charge is 0.0622 e. The summed E-state index contributed by atoms with van der Waals surface area (Å²) in [5.41, 5.74) is 0.762. The van der Waals surface area contributed by atoms with Crippen LogP contribution in [0.5, 0.6) is 0 Å². The summed E-state index contributed by atoms with van der Waals surface area (Å²) >= 11 is 0. The van der Waals surface area contributed by atoms with Gasteiger partial charge in [0.15, 0.2) is 0 Å². The molecular formula is C8H14P+. The van der Waals surface area contributed by atoms with Gasteiger partial charge in [-0.05, 0) is 12.2 Å². The maximum atomic E-state index is 2.37. The molecule has 0 fully saturated rings. The first-order chi connectivity index (χ1) is 4.11. The minimum Gasteiger partial charge on any atom is -0.0622 e. The van der Waals surface area contributed by atoms with Crippen molar-refractivity contribution in [1.82, 2.24) is 0 Å². The molecule has 0 radical (unpaired) electrons. The van der Waals surface area contributed by atoms with Gasteiger partial charge >= 0.3 is 0 Å². The summed E-state index contributed by atoms with van der Waals surface area (Å²) in [6.45, 7) is 7.12. The molecule has 0 spiro atoms. The van der Waals surface area contributed by atoms with Crippen molar-refractivity contribution in [2.45, 2.75) is 5.66 Å². The molecule has 0 unspecified atom stereocenters. The Morgan fingerprint density at radius 2 is 1.44 bits per heavy atom. The number of hydrogen-bond acceptors (Lipinski definition) is 0. The van der Waals surface area contributed by atoms with Gasteiger partial charge in [-0.3, -0.25) is 0 Å². The Morgan fingerprint density at radius 3 is 1.67 bits per heavy atom. The van der Waals surface area contributed by atoms with Crippen molar-refractivity contribution < 1.29 is 0 Å². The second-order valence-corrected chi connectivity index (χ2v) is 8.21. The molecule has 1 aliphatic rings. The highest BCUT2D eigenvalue weighted by Crippen LogP contribution is 2.53. The average molecular weight is 141 g/mol. The monoisotopic (exact) mass is 141 g/mol. The summed E-state index contributed by atoms with van der Waals surface area (Å²) < 4.78 is 0. The molecule has 1 rings (SSSR count). The summed E-state index contributed by atoms with van der Waals surface area (Å²) in [6, 6.07) is 0. The fourth-order valence-electron chi connectivity index (χ4n) is 0.937. The quantitative estimate of drug-likeness (QED) is 0.492. The van der Waals surface area contributed by atoms with Crippen molar-refractivity contribution in [3.8, 4) is 0 Å². The Hall–Kier alpha value is -0.0900. The van der Waals surface area contributed by atoms with Crippen LogP contribution >= 0.6 is 7.26 Å². The van der Waals surface area contributed by atoms with Crippen molar-refractivity contribution in [3.05, 3.63) is 24.3 Å². The predicted octanol–water partition coefficient (Wildman–Crippen LogP) is 2.39. The van der Waals surface area contributed by atoms with Gasteiger partial charge in [-0.25, -0.2) is 0 Å². The lowest BCUT2D eigenvalue weighted by Gasteiger charge is -2.15. The third-order valence-corrected chi connectivity index (χ3v) is 3.76. The van der Waals surface area contributed by atoms with Gasteiger partial charge in [0, 0.05) is 27.3 Å². The molecule has 1 aliphatic carbocycles. The molecule has 0 amide bonds. The third-order valence-electron chi connectivity index (χ3n) is 1.62. The lowest BCUT2D eigenvalue weighted by atomic mass is 10.5. The zero-order valence-corrected chi connectivity index (χ0v) is 7.23. The minimum atomic E-state index is -0.637. The van der Waals surface area contributed by atoms with Crippen molar-refractivity contribution in [2.75, 3.05) is 20.0 Å². The highest BCUT2D eigenvalue weighted by Gasteiger charge is 2.27. The van der Waals surface area contributed by atoms with Gasteiger partial charge in [-0.15, -0.1) is 0 Å². The molecule has 0 aliphatic heterocycles. The predicted molar refractivity (Wildman–Crippen MR) is 46.8 cm³/mol. The molecule has 0 heterocycles. The first kappa shape index (κ1) is 7.02. The van der Waals surface area contributed by atoms with Crippen LogP contribution in [0.4, 0.5) is 0 Å². The standard InChI is InChI=1S/C8H14P/c1-9(2,3)8-6-4-5-7-8/h4-8H,1-3H3/q+1. The molecule has 50 valence electrons. The molecule has 0 nitrogen and oxygen atoms in total. The summed E-state index contributed by atoms with van der Waals surface area (Å²) in [5.74, 6) is 0. The van der Waals surface area contributed by atoms with E-state index in [1.54, 1.807) is 0 Å². The van der Waals surface area contributed by atoms with Crippen LogP contribution in [0.25, 0.3) is 0 Å². The SMILES string of the molecule is C[P+](C)(C)C1C=CC=C1. The van der Waals surface area contributed by atoms with Gasteiger partial charge in [0.1, 0.15) is 5.66 Å². The van der Waals surface area contributed by atoms with Crippen LogP contribution in [0.15, 0.2) is 24.3 Å². The molecule has 1 heteroatoms. The van der Waals surface area contributed by atoms with Gasteiger partial charge in [-0.2, -0.15) is 0 Å². The van der Waals surface area contributed by atoms with E-state index in [2.05, 4.69) is 44.3 Å². The zero-order chi connectivity index (χ0) is 6.91. The second kappa shape index (κ2) is 2.27. The Kier molecular flexibility index (Phi) is 1.77. The molecule has 0 saturated carbocycles. The van der Waals surface area contributed by atoms with Crippen LogP contribution in [0.1, 0.15) is 0 Å².